The van der Waals surface area contributed by atoms with E-state index in [1.165, 1.54) is 13.5 Å². The third-order valence-corrected chi connectivity index (χ3v) is 6.78. The lowest BCUT2D eigenvalue weighted by Gasteiger charge is -2.39. The molecule has 2 fully saturated rings. The Morgan fingerprint density at radius 2 is 2.07 bits per heavy atom. The molecule has 2 N–H and O–H groups in total. The highest BCUT2D eigenvalue weighted by atomic mass is 79.9. The van der Waals surface area contributed by atoms with Gasteiger partial charge in [0.05, 0.1) is 19.3 Å². The van der Waals surface area contributed by atoms with Crippen molar-refractivity contribution in [2.45, 2.75) is 46.1 Å². The number of carbonyl (C=O) groups excluding carboxylic acids is 2. The van der Waals surface area contributed by atoms with E-state index in [2.05, 4.69) is 51.9 Å². The molecule has 6 nitrogen and oxygen atoms in total. The second-order valence-corrected chi connectivity index (χ2v) is 10.6. The highest BCUT2D eigenvalue weighted by Crippen LogP contribution is 2.52. The number of aromatic amines is 1. The lowest BCUT2D eigenvalue weighted by atomic mass is 9.65. The summed E-state index contributed by atoms with van der Waals surface area (Å²) in [5.74, 6) is -0.608. The van der Waals surface area contributed by atoms with Crippen LogP contribution in [0.25, 0.3) is 10.9 Å². The minimum absolute atomic E-state index is 0.106. The van der Waals surface area contributed by atoms with E-state index < -0.39 is 5.97 Å². The molecule has 2 atom stereocenters. The van der Waals surface area contributed by atoms with E-state index in [1.54, 1.807) is 0 Å². The summed E-state index contributed by atoms with van der Waals surface area (Å²) in [5.41, 5.74) is 2.10. The summed E-state index contributed by atoms with van der Waals surface area (Å²) in [6, 6.07) is 6.08. The molecule has 2 aromatic rings. The van der Waals surface area contributed by atoms with Crippen molar-refractivity contribution in [3.63, 3.8) is 0 Å². The first-order valence-corrected chi connectivity index (χ1v) is 10.8. The van der Waals surface area contributed by atoms with Crippen molar-refractivity contribution >= 4 is 44.4 Å². The minimum atomic E-state index is -0.501. The lowest BCUT2D eigenvalue weighted by Crippen LogP contribution is -2.38. The molecule has 1 aliphatic heterocycles. The Hall–Kier alpha value is -1.86. The van der Waals surface area contributed by atoms with Gasteiger partial charge in [-0.2, -0.15) is 0 Å². The fourth-order valence-corrected chi connectivity index (χ4v) is 6.04. The number of nitrogens with one attached hydrogen (secondary N) is 2. The number of anilines is 1. The molecule has 0 unspecified atom stereocenters. The molecule has 29 heavy (non-hydrogen) atoms. The molecule has 0 spiro atoms. The number of halogens is 1. The normalized spacial score (nSPS) is 25.9. The summed E-state index contributed by atoms with van der Waals surface area (Å²) in [6.45, 7) is 8.27. The van der Waals surface area contributed by atoms with Crippen LogP contribution < -0.4 is 5.32 Å². The van der Waals surface area contributed by atoms with Crippen LogP contribution >= 0.6 is 15.9 Å². The molecule has 1 amide bonds. The quantitative estimate of drug-likeness (QED) is 0.654. The third-order valence-electron chi connectivity index (χ3n) is 6.28. The Kier molecular flexibility index (Phi) is 5.02. The van der Waals surface area contributed by atoms with Crippen LogP contribution in [-0.2, 0) is 9.53 Å². The molecule has 2 bridgehead atoms. The van der Waals surface area contributed by atoms with Crippen molar-refractivity contribution in [2.24, 2.45) is 10.8 Å². The first-order chi connectivity index (χ1) is 13.6. The average molecular weight is 462 g/mol. The summed E-state index contributed by atoms with van der Waals surface area (Å²) < 4.78 is 5.78. The number of fused-ring (bicyclic) bond motifs is 3. The summed E-state index contributed by atoms with van der Waals surface area (Å²) in [5, 5.41) is 3.76. The van der Waals surface area contributed by atoms with Crippen LogP contribution in [0.2, 0.25) is 0 Å². The zero-order valence-electron chi connectivity index (χ0n) is 17.4. The number of benzene rings is 1. The number of hydrogen-bond donors (Lipinski definition) is 2. The van der Waals surface area contributed by atoms with Crippen LogP contribution in [0.3, 0.4) is 0 Å². The maximum atomic E-state index is 13.0. The van der Waals surface area contributed by atoms with Gasteiger partial charge in [-0.3, -0.25) is 9.69 Å². The van der Waals surface area contributed by atoms with Crippen LogP contribution in [0.5, 0.6) is 0 Å². The summed E-state index contributed by atoms with van der Waals surface area (Å²) in [7, 11) is 1.34. The van der Waals surface area contributed by atoms with Crippen molar-refractivity contribution in [2.75, 3.05) is 25.5 Å². The van der Waals surface area contributed by atoms with Crippen LogP contribution in [0, 0.1) is 10.8 Å². The van der Waals surface area contributed by atoms with Crippen LogP contribution in [0.4, 0.5) is 5.69 Å². The molecule has 2 heterocycles. The molecular formula is C22H28BrN3O3. The molecule has 1 aromatic heterocycles. The molecular weight excluding hydrogens is 434 g/mol. The number of aromatic nitrogens is 1. The summed E-state index contributed by atoms with van der Waals surface area (Å²) in [6.07, 6.45) is 3.46. The van der Waals surface area contributed by atoms with Gasteiger partial charge in [0.1, 0.15) is 5.69 Å². The Labute approximate surface area is 179 Å². The zero-order chi connectivity index (χ0) is 21.0. The van der Waals surface area contributed by atoms with Crippen LogP contribution in [-0.4, -0.2) is 48.0 Å². The highest BCUT2D eigenvalue weighted by Gasteiger charge is 2.49. The number of likely N-dealkylation sites (tertiary alicyclic amines) is 1. The van der Waals surface area contributed by atoms with E-state index in [4.69, 9.17) is 4.74 Å². The third kappa shape index (κ3) is 3.94. The number of carbonyl (C=O) groups is 2. The van der Waals surface area contributed by atoms with Gasteiger partial charge < -0.3 is 15.0 Å². The van der Waals surface area contributed by atoms with E-state index in [9.17, 15) is 9.59 Å². The molecule has 1 saturated heterocycles. The number of esters is 1. The van der Waals surface area contributed by atoms with E-state index >= 15 is 0 Å². The number of rotatable bonds is 4. The minimum Gasteiger partial charge on any atom is -0.464 e. The second kappa shape index (κ2) is 7.13. The standard InChI is InChI=1S/C22H28BrN3O3/c1-21(2)8-14-9-22(3,11-21)12-26(14)10-17(27)25-18-15-7-13(23)5-6-16(15)24-19(18)20(28)29-4/h5-7,14,24H,8-12H2,1-4H3,(H,25,27)/t14-,22+/m1/s1. The van der Waals surface area contributed by atoms with Gasteiger partial charge in [-0.15, -0.1) is 0 Å². The van der Waals surface area contributed by atoms with Gasteiger partial charge in [-0.1, -0.05) is 36.7 Å². The van der Waals surface area contributed by atoms with E-state index in [0.717, 1.165) is 34.8 Å². The van der Waals surface area contributed by atoms with Crippen LogP contribution in [0.15, 0.2) is 22.7 Å². The van der Waals surface area contributed by atoms with Crippen molar-refractivity contribution < 1.29 is 14.3 Å². The maximum absolute atomic E-state index is 13.0. The molecule has 1 aromatic carbocycles. The van der Waals surface area contributed by atoms with Gasteiger partial charge in [0, 0.05) is 28.0 Å². The van der Waals surface area contributed by atoms with E-state index in [-0.39, 0.29) is 17.0 Å². The van der Waals surface area contributed by atoms with Crippen LogP contribution in [0.1, 0.15) is 50.5 Å². The van der Waals surface area contributed by atoms with E-state index in [0.29, 0.717) is 23.7 Å². The molecule has 2 aliphatic rings. The molecule has 1 aliphatic carbocycles. The Balaban J connectivity index is 1.57. The van der Waals surface area contributed by atoms with Crippen molar-refractivity contribution in [1.29, 1.82) is 0 Å². The molecule has 4 rings (SSSR count). The first-order valence-electron chi connectivity index (χ1n) is 10.0. The fourth-order valence-electron chi connectivity index (χ4n) is 5.67. The van der Waals surface area contributed by atoms with Crippen molar-refractivity contribution in [3.8, 4) is 0 Å². The average Bonchev–Trinajstić information content (AvgIpc) is 3.07. The SMILES string of the molecule is COC(=O)c1[nH]c2ccc(Br)cc2c1NC(=O)CN1C[C@@]2(C)C[C@H]1CC(C)(C)C2. The van der Waals surface area contributed by atoms with Gasteiger partial charge in [-0.05, 0) is 48.3 Å². The largest absolute Gasteiger partial charge is 0.464 e. The summed E-state index contributed by atoms with van der Waals surface area (Å²) in [4.78, 5) is 30.6. The van der Waals surface area contributed by atoms with Gasteiger partial charge in [0.15, 0.2) is 0 Å². The zero-order valence-corrected chi connectivity index (χ0v) is 19.0. The Morgan fingerprint density at radius 1 is 1.31 bits per heavy atom. The van der Waals surface area contributed by atoms with E-state index in [1.807, 2.05) is 18.2 Å². The Bertz CT molecular complexity index is 983. The topological polar surface area (TPSA) is 74.4 Å². The predicted octanol–water partition coefficient (Wildman–Crippen LogP) is 4.56. The smallest absolute Gasteiger partial charge is 0.356 e. The van der Waals surface area contributed by atoms with Gasteiger partial charge in [-0.25, -0.2) is 4.79 Å². The number of ether oxygens (including phenoxy) is 1. The fraction of sp³-hybridized carbons (Fsp3) is 0.545. The number of hydrogen-bond acceptors (Lipinski definition) is 4. The molecule has 1 saturated carbocycles. The van der Waals surface area contributed by atoms with Gasteiger partial charge in [0.2, 0.25) is 5.91 Å². The van der Waals surface area contributed by atoms with Gasteiger partial charge >= 0.3 is 5.97 Å². The number of nitrogens with zero attached hydrogens (tertiary/aromatic N) is 1. The highest BCUT2D eigenvalue weighted by molar-refractivity contribution is 9.10. The number of methoxy groups -OCH3 is 1. The number of amides is 1. The predicted molar refractivity (Wildman–Crippen MR) is 117 cm³/mol. The Morgan fingerprint density at radius 3 is 2.79 bits per heavy atom. The molecule has 156 valence electrons. The lowest BCUT2D eigenvalue weighted by molar-refractivity contribution is -0.117. The number of H-pyrrole nitrogens is 1. The molecule has 0 radical (unpaired) electrons. The summed E-state index contributed by atoms with van der Waals surface area (Å²) >= 11 is 3.46. The monoisotopic (exact) mass is 461 g/mol. The first kappa shape index (κ1) is 20.4. The second-order valence-electron chi connectivity index (χ2n) is 9.72. The van der Waals surface area contributed by atoms with Crippen molar-refractivity contribution in [3.05, 3.63) is 28.4 Å². The van der Waals surface area contributed by atoms with Gasteiger partial charge in [0.25, 0.3) is 0 Å². The molecule has 7 heteroatoms. The van der Waals surface area contributed by atoms with Crippen molar-refractivity contribution in [1.82, 2.24) is 9.88 Å². The maximum Gasteiger partial charge on any atom is 0.356 e.